The lowest BCUT2D eigenvalue weighted by atomic mass is 10.1. The molecule has 92 valence electrons. The predicted molar refractivity (Wildman–Crippen MR) is 64.7 cm³/mol. The van der Waals surface area contributed by atoms with Crippen LogP contribution in [0.15, 0.2) is 43.8 Å². The summed E-state index contributed by atoms with van der Waals surface area (Å²) in [5.74, 6) is -0.0133. The van der Waals surface area contributed by atoms with Gasteiger partial charge in [0.2, 0.25) is 0 Å². The molecule has 0 unspecified atom stereocenters. The lowest BCUT2D eigenvalue weighted by molar-refractivity contribution is 0.101. The van der Waals surface area contributed by atoms with E-state index < -0.39 is 5.63 Å². The zero-order chi connectivity index (χ0) is 13.1. The first kappa shape index (κ1) is 12.0. The molecule has 0 atom stereocenters. The summed E-state index contributed by atoms with van der Waals surface area (Å²) in [6.45, 7) is 3.16. The van der Waals surface area contributed by atoms with Gasteiger partial charge < -0.3 is 4.52 Å². The number of rotatable bonds is 3. The number of carbonyl (C=O) groups is 1. The van der Waals surface area contributed by atoms with Crippen molar-refractivity contribution in [1.82, 2.24) is 5.16 Å². The fourth-order valence-electron chi connectivity index (χ4n) is 1.36. The van der Waals surface area contributed by atoms with E-state index in [-0.39, 0.29) is 11.5 Å². The highest BCUT2D eigenvalue weighted by atomic mass is 16.5. The van der Waals surface area contributed by atoms with Crippen molar-refractivity contribution in [2.75, 3.05) is 0 Å². The Morgan fingerprint density at radius 1 is 1.22 bits per heavy atom. The minimum Gasteiger partial charge on any atom is -0.336 e. The number of nitrogens with one attached hydrogen (secondary N) is 1. The number of benzene rings is 1. The maximum atomic E-state index is 11.2. The van der Waals surface area contributed by atoms with Crippen LogP contribution in [0.25, 0.3) is 0 Å². The molecule has 2 aromatic rings. The van der Waals surface area contributed by atoms with Gasteiger partial charge in [0, 0.05) is 5.56 Å². The number of aryl methyl sites for hydroxylation is 1. The van der Waals surface area contributed by atoms with E-state index in [9.17, 15) is 9.59 Å². The number of H-pyrrole nitrogens is 1. The second kappa shape index (κ2) is 4.79. The predicted octanol–water partition coefficient (Wildman–Crippen LogP) is 2.89. The van der Waals surface area contributed by atoms with Gasteiger partial charge in [0.1, 0.15) is 0 Å². The molecule has 0 aliphatic rings. The Hall–Kier alpha value is -2.50. The number of Topliss-reactive ketones (excluding diaryl/α,β-unsaturated/α-hetero) is 1. The highest BCUT2D eigenvalue weighted by molar-refractivity contribution is 5.94. The minimum absolute atomic E-state index is 0.0133. The molecule has 1 heterocycles. The molecule has 0 saturated heterocycles. The van der Waals surface area contributed by atoms with Crippen LogP contribution in [0.1, 0.15) is 23.0 Å². The maximum absolute atomic E-state index is 11.2. The van der Waals surface area contributed by atoms with Crippen LogP contribution >= 0.6 is 0 Å². The second-order valence-electron chi connectivity index (χ2n) is 3.77. The molecule has 6 nitrogen and oxygen atoms in total. The van der Waals surface area contributed by atoms with E-state index in [4.69, 9.17) is 0 Å². The van der Waals surface area contributed by atoms with E-state index >= 15 is 0 Å². The summed E-state index contributed by atoms with van der Waals surface area (Å²) in [5.41, 5.74) is 1.26. The average Bonchev–Trinajstić information content (AvgIpc) is 2.67. The number of hydrogen-bond donors (Lipinski definition) is 1. The second-order valence-corrected chi connectivity index (χ2v) is 3.77. The Morgan fingerprint density at radius 3 is 2.39 bits per heavy atom. The summed E-state index contributed by atoms with van der Waals surface area (Å²) in [7, 11) is 0. The molecule has 0 bridgehead atoms. The summed E-state index contributed by atoms with van der Waals surface area (Å²) in [6, 6.07) is 6.62. The lowest BCUT2D eigenvalue weighted by Gasteiger charge is -1.95. The maximum Gasteiger partial charge on any atom is 0.384 e. The Bertz CT molecular complexity index is 650. The first-order chi connectivity index (χ1) is 8.58. The third-order valence-electron chi connectivity index (χ3n) is 2.38. The quantitative estimate of drug-likeness (QED) is 0.666. The van der Waals surface area contributed by atoms with Crippen LogP contribution in [0.3, 0.4) is 0 Å². The van der Waals surface area contributed by atoms with Gasteiger partial charge in [0.25, 0.3) is 0 Å². The Morgan fingerprint density at radius 2 is 1.89 bits per heavy atom. The Kier molecular flexibility index (Phi) is 3.18. The Balaban J connectivity index is 2.24. The third-order valence-corrected chi connectivity index (χ3v) is 2.38. The van der Waals surface area contributed by atoms with Crippen LogP contribution in [0.5, 0.6) is 0 Å². The summed E-state index contributed by atoms with van der Waals surface area (Å²) in [5, 5.41) is 10.1. The topological polar surface area (TPSA) is 87.8 Å². The molecule has 18 heavy (non-hydrogen) atoms. The van der Waals surface area contributed by atoms with Gasteiger partial charge in [-0.3, -0.25) is 4.79 Å². The molecular formula is C12H11N3O3. The normalized spacial score (nSPS) is 11.0. The zero-order valence-corrected chi connectivity index (χ0v) is 9.93. The van der Waals surface area contributed by atoms with Crippen molar-refractivity contribution in [3.05, 3.63) is 45.9 Å². The number of azo groups is 1. The monoisotopic (exact) mass is 245 g/mol. The number of nitrogens with zero attached hydrogens (tertiary/aromatic N) is 2. The highest BCUT2D eigenvalue weighted by Gasteiger charge is 2.06. The number of ketones is 1. The summed E-state index contributed by atoms with van der Waals surface area (Å²) in [6.07, 6.45) is 0. The molecule has 1 aromatic carbocycles. The molecule has 0 saturated carbocycles. The summed E-state index contributed by atoms with van der Waals surface area (Å²) < 4.78 is 4.56. The van der Waals surface area contributed by atoms with Crippen LogP contribution in [0.2, 0.25) is 0 Å². The van der Waals surface area contributed by atoms with Crippen molar-refractivity contribution in [1.29, 1.82) is 0 Å². The molecule has 0 amide bonds. The van der Waals surface area contributed by atoms with Gasteiger partial charge in [-0.25, -0.2) is 9.95 Å². The molecule has 0 spiro atoms. The average molecular weight is 245 g/mol. The largest absolute Gasteiger partial charge is 0.384 e. The van der Waals surface area contributed by atoms with Crippen molar-refractivity contribution in [2.45, 2.75) is 13.8 Å². The fraction of sp³-hybridized carbons (Fsp3) is 0.167. The lowest BCUT2D eigenvalue weighted by Crippen LogP contribution is -1.90. The van der Waals surface area contributed by atoms with E-state index in [0.717, 1.165) is 0 Å². The molecule has 0 aliphatic carbocycles. The van der Waals surface area contributed by atoms with Crippen LogP contribution in [-0.2, 0) is 0 Å². The highest BCUT2D eigenvalue weighted by Crippen LogP contribution is 2.18. The van der Waals surface area contributed by atoms with Crippen molar-refractivity contribution >= 4 is 17.2 Å². The van der Waals surface area contributed by atoms with Crippen molar-refractivity contribution < 1.29 is 9.32 Å². The van der Waals surface area contributed by atoms with Crippen LogP contribution in [-0.4, -0.2) is 10.9 Å². The van der Waals surface area contributed by atoms with Gasteiger partial charge in [-0.2, -0.15) is 5.11 Å². The first-order valence-electron chi connectivity index (χ1n) is 5.29. The van der Waals surface area contributed by atoms with Crippen molar-refractivity contribution in [3.8, 4) is 0 Å². The van der Waals surface area contributed by atoms with E-state index in [0.29, 0.717) is 16.9 Å². The molecule has 1 N–H and O–H groups in total. The van der Waals surface area contributed by atoms with Crippen LogP contribution in [0, 0.1) is 6.92 Å². The van der Waals surface area contributed by atoms with Crippen molar-refractivity contribution in [2.24, 2.45) is 10.2 Å². The van der Waals surface area contributed by atoms with Gasteiger partial charge >= 0.3 is 5.63 Å². The molecule has 6 heteroatoms. The first-order valence-corrected chi connectivity index (χ1v) is 5.29. The minimum atomic E-state index is -0.559. The van der Waals surface area contributed by atoms with E-state index in [1.165, 1.54) is 6.92 Å². The van der Waals surface area contributed by atoms with Crippen molar-refractivity contribution in [3.63, 3.8) is 0 Å². The van der Waals surface area contributed by atoms with E-state index in [1.807, 2.05) is 0 Å². The molecular weight excluding hydrogens is 234 g/mol. The number of hydrogen-bond acceptors (Lipinski definition) is 5. The SMILES string of the molecule is CC(=O)c1ccc(N=Nc2c(C)[nH]oc2=O)cc1. The molecule has 1 aromatic heterocycles. The number of aromatic nitrogens is 1. The standard InChI is InChI=1S/C12H11N3O3/c1-7-11(12(17)18-15-7)14-13-10-5-3-9(4-6-10)8(2)16/h3-6,15H,1-2H3. The van der Waals surface area contributed by atoms with Gasteiger partial charge in [-0.15, -0.1) is 5.11 Å². The molecule has 2 rings (SSSR count). The Labute approximate surface area is 102 Å². The van der Waals surface area contributed by atoms with Crippen LogP contribution in [0.4, 0.5) is 11.4 Å². The number of aromatic amines is 1. The van der Waals surface area contributed by atoms with Gasteiger partial charge in [0.05, 0.1) is 11.4 Å². The molecule has 0 aliphatic heterocycles. The number of carbonyl (C=O) groups excluding carboxylic acids is 1. The van der Waals surface area contributed by atoms with E-state index in [2.05, 4.69) is 19.9 Å². The van der Waals surface area contributed by atoms with Gasteiger partial charge in [-0.05, 0) is 38.1 Å². The zero-order valence-electron chi connectivity index (χ0n) is 9.93. The summed E-state index contributed by atoms with van der Waals surface area (Å²) in [4.78, 5) is 22.3. The molecule has 0 fully saturated rings. The van der Waals surface area contributed by atoms with Gasteiger partial charge in [-0.1, -0.05) is 0 Å². The third kappa shape index (κ3) is 2.42. The van der Waals surface area contributed by atoms with Gasteiger partial charge in [0.15, 0.2) is 11.5 Å². The summed E-state index contributed by atoms with van der Waals surface area (Å²) >= 11 is 0. The van der Waals surface area contributed by atoms with E-state index in [1.54, 1.807) is 31.2 Å². The smallest absolute Gasteiger partial charge is 0.336 e. The fourth-order valence-corrected chi connectivity index (χ4v) is 1.36. The van der Waals surface area contributed by atoms with Crippen LogP contribution < -0.4 is 5.63 Å². The molecule has 0 radical (unpaired) electrons.